The second-order valence-corrected chi connectivity index (χ2v) is 3.72. The van der Waals surface area contributed by atoms with E-state index in [1.807, 2.05) is 0 Å². The van der Waals surface area contributed by atoms with Gasteiger partial charge >= 0.3 is 0 Å². The Labute approximate surface area is 94.9 Å². The molecule has 1 aromatic carbocycles. The maximum absolute atomic E-state index is 9.96. The smallest absolute Gasteiger partial charge is 0.235 e. The number of rotatable bonds is 3. The van der Waals surface area contributed by atoms with E-state index in [1.165, 1.54) is 6.08 Å². The third kappa shape index (κ3) is 2.58. The summed E-state index contributed by atoms with van der Waals surface area (Å²) in [5, 5.41) is 0.543. The standard InChI is InChI=1S/C9H7BrClNO2/c1-14-8-3-7(11)2-6(9(8)10)4-12-5-13/h2-3H,4H2,1H3. The quantitative estimate of drug-likeness (QED) is 0.629. The summed E-state index contributed by atoms with van der Waals surface area (Å²) in [6.07, 6.45) is 1.47. The largest absolute Gasteiger partial charge is 0.496 e. The van der Waals surface area contributed by atoms with Crippen LogP contribution in [-0.4, -0.2) is 13.2 Å². The summed E-state index contributed by atoms with van der Waals surface area (Å²) in [6, 6.07) is 3.40. The van der Waals surface area contributed by atoms with Crippen molar-refractivity contribution >= 4 is 33.6 Å². The van der Waals surface area contributed by atoms with Gasteiger partial charge < -0.3 is 4.74 Å². The molecule has 0 aromatic heterocycles. The molecule has 14 heavy (non-hydrogen) atoms. The molecule has 0 bridgehead atoms. The first kappa shape index (κ1) is 11.2. The van der Waals surface area contributed by atoms with Gasteiger partial charge in [-0.25, -0.2) is 9.79 Å². The average Bonchev–Trinajstić information content (AvgIpc) is 2.18. The van der Waals surface area contributed by atoms with E-state index in [9.17, 15) is 4.79 Å². The number of hydrogen-bond acceptors (Lipinski definition) is 3. The Morgan fingerprint density at radius 1 is 1.64 bits per heavy atom. The molecule has 74 valence electrons. The van der Waals surface area contributed by atoms with Gasteiger partial charge in [-0.1, -0.05) is 11.6 Å². The minimum atomic E-state index is 0.237. The first-order valence-corrected chi connectivity index (χ1v) is 4.91. The highest BCUT2D eigenvalue weighted by atomic mass is 79.9. The number of ether oxygens (including phenoxy) is 1. The number of isocyanates is 1. The number of benzene rings is 1. The van der Waals surface area contributed by atoms with Crippen molar-refractivity contribution in [1.82, 2.24) is 0 Å². The van der Waals surface area contributed by atoms with Gasteiger partial charge in [-0.3, -0.25) is 0 Å². The van der Waals surface area contributed by atoms with Crippen molar-refractivity contribution in [2.45, 2.75) is 6.54 Å². The molecular formula is C9H7BrClNO2. The van der Waals surface area contributed by atoms with Gasteiger partial charge in [0.25, 0.3) is 0 Å². The fourth-order valence-electron chi connectivity index (χ4n) is 0.999. The summed E-state index contributed by atoms with van der Waals surface area (Å²) in [7, 11) is 1.54. The lowest BCUT2D eigenvalue weighted by Gasteiger charge is -2.07. The van der Waals surface area contributed by atoms with Crippen LogP contribution in [0.1, 0.15) is 5.56 Å². The van der Waals surface area contributed by atoms with Crippen molar-refractivity contribution in [3.05, 3.63) is 27.2 Å². The van der Waals surface area contributed by atoms with E-state index in [2.05, 4.69) is 20.9 Å². The molecule has 0 saturated carbocycles. The van der Waals surface area contributed by atoms with E-state index in [4.69, 9.17) is 16.3 Å². The van der Waals surface area contributed by atoms with Gasteiger partial charge in [-0.15, -0.1) is 0 Å². The highest BCUT2D eigenvalue weighted by Gasteiger charge is 2.07. The zero-order valence-electron chi connectivity index (χ0n) is 7.38. The number of methoxy groups -OCH3 is 1. The van der Waals surface area contributed by atoms with Crippen molar-refractivity contribution in [2.24, 2.45) is 4.99 Å². The Balaban J connectivity index is 3.14. The fourth-order valence-corrected chi connectivity index (χ4v) is 1.75. The van der Waals surface area contributed by atoms with Gasteiger partial charge in [0.15, 0.2) is 0 Å². The second-order valence-electron chi connectivity index (χ2n) is 2.49. The predicted molar refractivity (Wildman–Crippen MR) is 57.5 cm³/mol. The van der Waals surface area contributed by atoms with Crippen LogP contribution in [0.2, 0.25) is 5.02 Å². The normalized spacial score (nSPS) is 9.36. The van der Waals surface area contributed by atoms with E-state index in [1.54, 1.807) is 19.2 Å². The Morgan fingerprint density at radius 3 is 2.93 bits per heavy atom. The number of carbonyl (C=O) groups excluding carboxylic acids is 1. The minimum absolute atomic E-state index is 0.237. The van der Waals surface area contributed by atoms with Crippen molar-refractivity contribution in [2.75, 3.05) is 7.11 Å². The maximum Gasteiger partial charge on any atom is 0.235 e. The number of hydrogen-bond donors (Lipinski definition) is 0. The lowest BCUT2D eigenvalue weighted by molar-refractivity contribution is 0.411. The molecule has 0 atom stereocenters. The molecule has 0 N–H and O–H groups in total. The van der Waals surface area contributed by atoms with Crippen LogP contribution < -0.4 is 4.74 Å². The Kier molecular flexibility index (Phi) is 4.14. The molecule has 0 aliphatic carbocycles. The highest BCUT2D eigenvalue weighted by Crippen LogP contribution is 2.32. The van der Waals surface area contributed by atoms with Crippen LogP contribution in [0.25, 0.3) is 0 Å². The molecule has 0 aliphatic heterocycles. The van der Waals surface area contributed by atoms with E-state index in [-0.39, 0.29) is 6.54 Å². The van der Waals surface area contributed by atoms with E-state index in [0.29, 0.717) is 10.8 Å². The van der Waals surface area contributed by atoms with Crippen molar-refractivity contribution < 1.29 is 9.53 Å². The molecule has 0 radical (unpaired) electrons. The minimum Gasteiger partial charge on any atom is -0.496 e. The van der Waals surface area contributed by atoms with Crippen LogP contribution in [0.3, 0.4) is 0 Å². The number of aliphatic imine (C=N–C) groups is 1. The topological polar surface area (TPSA) is 38.7 Å². The Bertz CT molecular complexity index is 389. The van der Waals surface area contributed by atoms with E-state index in [0.717, 1.165) is 10.0 Å². The molecule has 0 heterocycles. The highest BCUT2D eigenvalue weighted by molar-refractivity contribution is 9.10. The molecule has 0 spiro atoms. The van der Waals surface area contributed by atoms with Crippen molar-refractivity contribution in [3.8, 4) is 5.75 Å². The molecule has 5 heteroatoms. The van der Waals surface area contributed by atoms with Gasteiger partial charge in [0.1, 0.15) is 5.75 Å². The third-order valence-corrected chi connectivity index (χ3v) is 2.73. The van der Waals surface area contributed by atoms with Crippen LogP contribution in [0, 0.1) is 0 Å². The van der Waals surface area contributed by atoms with Crippen LogP contribution in [0.5, 0.6) is 5.75 Å². The lowest BCUT2D eigenvalue weighted by Crippen LogP contribution is -1.90. The molecule has 0 aliphatic rings. The van der Waals surface area contributed by atoms with Gasteiger partial charge in [0, 0.05) is 5.02 Å². The van der Waals surface area contributed by atoms with Crippen LogP contribution in [0.4, 0.5) is 0 Å². The molecular weight excluding hydrogens is 269 g/mol. The zero-order valence-corrected chi connectivity index (χ0v) is 9.72. The predicted octanol–water partition coefficient (Wildman–Crippen LogP) is 2.95. The summed E-state index contributed by atoms with van der Waals surface area (Å²) < 4.78 is 5.83. The van der Waals surface area contributed by atoms with Gasteiger partial charge in [0.2, 0.25) is 6.08 Å². The fraction of sp³-hybridized carbons (Fsp3) is 0.222. The lowest BCUT2D eigenvalue weighted by atomic mass is 10.2. The molecule has 0 saturated heterocycles. The molecule has 1 rings (SSSR count). The molecule has 1 aromatic rings. The van der Waals surface area contributed by atoms with Gasteiger partial charge in [-0.2, -0.15) is 0 Å². The van der Waals surface area contributed by atoms with Crippen molar-refractivity contribution in [1.29, 1.82) is 0 Å². The maximum atomic E-state index is 9.96. The summed E-state index contributed by atoms with van der Waals surface area (Å²) in [4.78, 5) is 13.4. The SMILES string of the molecule is COc1cc(Cl)cc(CN=C=O)c1Br. The summed E-state index contributed by atoms with van der Waals surface area (Å²) >= 11 is 9.17. The molecule has 0 amide bonds. The van der Waals surface area contributed by atoms with Crippen LogP contribution in [-0.2, 0) is 11.3 Å². The van der Waals surface area contributed by atoms with Crippen LogP contribution in [0.15, 0.2) is 21.6 Å². The van der Waals surface area contributed by atoms with Gasteiger partial charge in [0.05, 0.1) is 18.1 Å². The Hall–Kier alpha value is -0.830. The third-order valence-electron chi connectivity index (χ3n) is 1.61. The number of halogens is 2. The second kappa shape index (κ2) is 5.15. The molecule has 0 unspecified atom stereocenters. The molecule has 0 fully saturated rings. The Morgan fingerprint density at radius 2 is 2.36 bits per heavy atom. The first-order valence-electron chi connectivity index (χ1n) is 3.74. The van der Waals surface area contributed by atoms with Gasteiger partial charge in [-0.05, 0) is 33.6 Å². The average molecular weight is 277 g/mol. The van der Waals surface area contributed by atoms with E-state index < -0.39 is 0 Å². The van der Waals surface area contributed by atoms with Crippen molar-refractivity contribution in [3.63, 3.8) is 0 Å². The summed E-state index contributed by atoms with van der Waals surface area (Å²) in [5.41, 5.74) is 0.790. The summed E-state index contributed by atoms with van der Waals surface area (Å²) in [6.45, 7) is 0.237. The first-order chi connectivity index (χ1) is 6.69. The molecule has 3 nitrogen and oxygen atoms in total. The number of nitrogens with zero attached hydrogens (tertiary/aromatic N) is 1. The summed E-state index contributed by atoms with van der Waals surface area (Å²) in [5.74, 6) is 0.619. The zero-order chi connectivity index (χ0) is 10.6. The monoisotopic (exact) mass is 275 g/mol. The van der Waals surface area contributed by atoms with Crippen LogP contribution >= 0.6 is 27.5 Å². The van der Waals surface area contributed by atoms with E-state index >= 15 is 0 Å².